The number of hydrogen-bond acceptors (Lipinski definition) is 3. The Hall–Kier alpha value is -3.48. The second kappa shape index (κ2) is 10.2. The fourth-order valence-electron chi connectivity index (χ4n) is 3.61. The van der Waals surface area contributed by atoms with Gasteiger partial charge < -0.3 is 10.2 Å². The molecule has 2 amide bonds. The van der Waals surface area contributed by atoms with E-state index in [-0.39, 0.29) is 35.3 Å². The Kier molecular flexibility index (Phi) is 7.54. The van der Waals surface area contributed by atoms with Crippen LogP contribution in [0.1, 0.15) is 56.2 Å². The third-order valence-corrected chi connectivity index (χ3v) is 5.27. The van der Waals surface area contributed by atoms with Gasteiger partial charge in [0.2, 0.25) is 5.91 Å². The summed E-state index contributed by atoms with van der Waals surface area (Å²) < 4.78 is 15.4. The van der Waals surface area contributed by atoms with Crippen molar-refractivity contribution in [3.63, 3.8) is 0 Å². The molecule has 34 heavy (non-hydrogen) atoms. The maximum atomic E-state index is 13.7. The summed E-state index contributed by atoms with van der Waals surface area (Å²) in [6, 6.07) is 15.2. The first-order chi connectivity index (χ1) is 15.9. The smallest absolute Gasteiger partial charge is 0.254 e. The van der Waals surface area contributed by atoms with Crippen molar-refractivity contribution in [3.8, 4) is 5.69 Å². The summed E-state index contributed by atoms with van der Waals surface area (Å²) >= 11 is 0. The van der Waals surface area contributed by atoms with Crippen molar-refractivity contribution in [1.82, 2.24) is 14.7 Å². The fraction of sp³-hybridized carbons (Fsp3) is 0.370. The van der Waals surface area contributed by atoms with Crippen LogP contribution in [-0.2, 0) is 10.2 Å². The van der Waals surface area contributed by atoms with Gasteiger partial charge in [0, 0.05) is 23.6 Å². The first-order valence-electron chi connectivity index (χ1n) is 11.5. The van der Waals surface area contributed by atoms with Crippen LogP contribution in [0, 0.1) is 18.7 Å². The second-order valence-electron chi connectivity index (χ2n) is 10.1. The molecular weight excluding hydrogens is 431 g/mol. The summed E-state index contributed by atoms with van der Waals surface area (Å²) in [5.74, 6) is -0.555. The Morgan fingerprint density at radius 2 is 1.79 bits per heavy atom. The van der Waals surface area contributed by atoms with Crippen molar-refractivity contribution in [2.45, 2.75) is 47.0 Å². The molecule has 0 radical (unpaired) electrons. The largest absolute Gasteiger partial charge is 0.329 e. The van der Waals surface area contributed by atoms with Crippen LogP contribution < -0.4 is 5.32 Å². The minimum atomic E-state index is -0.489. The molecule has 1 heterocycles. The van der Waals surface area contributed by atoms with E-state index in [9.17, 15) is 14.0 Å². The molecule has 3 rings (SSSR count). The van der Waals surface area contributed by atoms with Crippen LogP contribution in [0.5, 0.6) is 0 Å². The Labute approximate surface area is 200 Å². The number of hydrogen-bond donors (Lipinski definition) is 1. The van der Waals surface area contributed by atoms with E-state index < -0.39 is 5.82 Å². The molecule has 0 aliphatic heterocycles. The number of rotatable bonds is 7. The van der Waals surface area contributed by atoms with E-state index in [4.69, 9.17) is 5.10 Å². The Balaban J connectivity index is 1.88. The number of aromatic nitrogens is 2. The van der Waals surface area contributed by atoms with Crippen molar-refractivity contribution in [3.05, 3.63) is 77.2 Å². The molecule has 0 saturated heterocycles. The molecule has 0 bridgehead atoms. The van der Waals surface area contributed by atoms with Crippen molar-refractivity contribution in [2.24, 2.45) is 5.92 Å². The molecule has 0 spiro atoms. The molecule has 7 heteroatoms. The Morgan fingerprint density at radius 3 is 2.41 bits per heavy atom. The number of nitrogens with one attached hydrogen (secondary N) is 1. The average Bonchev–Trinajstić information content (AvgIpc) is 3.16. The van der Waals surface area contributed by atoms with Crippen molar-refractivity contribution in [2.75, 3.05) is 18.4 Å². The predicted octanol–water partition coefficient (Wildman–Crippen LogP) is 5.35. The van der Waals surface area contributed by atoms with Crippen LogP contribution in [0.15, 0.2) is 54.6 Å². The summed E-state index contributed by atoms with van der Waals surface area (Å²) in [6.45, 7) is 12.3. The molecule has 0 aliphatic carbocycles. The third-order valence-electron chi connectivity index (χ3n) is 5.27. The summed E-state index contributed by atoms with van der Waals surface area (Å²) in [6.07, 6.45) is 0. The van der Waals surface area contributed by atoms with Crippen LogP contribution in [0.4, 0.5) is 10.2 Å². The fourth-order valence-corrected chi connectivity index (χ4v) is 3.61. The van der Waals surface area contributed by atoms with E-state index in [1.165, 1.54) is 23.1 Å². The zero-order valence-corrected chi connectivity index (χ0v) is 20.7. The first-order valence-corrected chi connectivity index (χ1v) is 11.5. The van der Waals surface area contributed by atoms with Crippen LogP contribution in [0.3, 0.4) is 0 Å². The SMILES string of the molecule is Cc1cccc(-n2nc(C(C)(C)C)cc2NC(=O)CN(CC(C)C)C(=O)c2cccc(F)c2)c1. The number of benzene rings is 2. The zero-order chi connectivity index (χ0) is 25.0. The first kappa shape index (κ1) is 25.1. The van der Waals surface area contributed by atoms with Crippen LogP contribution >= 0.6 is 0 Å². The molecule has 0 unspecified atom stereocenters. The van der Waals surface area contributed by atoms with Crippen molar-refractivity contribution < 1.29 is 14.0 Å². The number of carbonyl (C=O) groups excluding carboxylic acids is 2. The molecule has 2 aromatic carbocycles. The molecule has 0 aliphatic rings. The van der Waals surface area contributed by atoms with Crippen molar-refractivity contribution >= 4 is 17.6 Å². The zero-order valence-electron chi connectivity index (χ0n) is 20.7. The molecular formula is C27H33FN4O2. The molecule has 6 nitrogen and oxygen atoms in total. The summed E-state index contributed by atoms with van der Waals surface area (Å²) in [4.78, 5) is 27.6. The average molecular weight is 465 g/mol. The van der Waals surface area contributed by atoms with Gasteiger partial charge in [-0.05, 0) is 48.7 Å². The van der Waals surface area contributed by atoms with Gasteiger partial charge in [-0.1, -0.05) is 52.8 Å². The van der Waals surface area contributed by atoms with Gasteiger partial charge in [-0.2, -0.15) is 5.10 Å². The summed E-state index contributed by atoms with van der Waals surface area (Å²) in [5.41, 5.74) is 2.74. The summed E-state index contributed by atoms with van der Waals surface area (Å²) in [5, 5.41) is 7.68. The molecule has 0 atom stereocenters. The number of halogens is 1. The molecule has 0 fully saturated rings. The normalized spacial score (nSPS) is 11.5. The number of amides is 2. The monoisotopic (exact) mass is 464 g/mol. The van der Waals surface area contributed by atoms with Gasteiger partial charge in [0.05, 0.1) is 11.4 Å². The maximum Gasteiger partial charge on any atom is 0.254 e. The molecule has 1 N–H and O–H groups in total. The topological polar surface area (TPSA) is 67.2 Å². The van der Waals surface area contributed by atoms with E-state index in [2.05, 4.69) is 26.1 Å². The van der Waals surface area contributed by atoms with E-state index in [1.807, 2.05) is 51.1 Å². The maximum absolute atomic E-state index is 13.7. The number of anilines is 1. The van der Waals surface area contributed by atoms with E-state index in [1.54, 1.807) is 10.7 Å². The lowest BCUT2D eigenvalue weighted by Gasteiger charge is -2.24. The van der Waals surface area contributed by atoms with Gasteiger partial charge in [-0.15, -0.1) is 0 Å². The van der Waals surface area contributed by atoms with Crippen LogP contribution in [0.25, 0.3) is 5.69 Å². The van der Waals surface area contributed by atoms with Gasteiger partial charge in [0.15, 0.2) is 0 Å². The lowest BCUT2D eigenvalue weighted by molar-refractivity contribution is -0.117. The van der Waals surface area contributed by atoms with Crippen LogP contribution in [0.2, 0.25) is 0 Å². The third kappa shape index (κ3) is 6.31. The van der Waals surface area contributed by atoms with Gasteiger partial charge in [-0.3, -0.25) is 9.59 Å². The Bertz CT molecular complexity index is 1180. The lowest BCUT2D eigenvalue weighted by Crippen LogP contribution is -2.40. The standard InChI is InChI=1S/C27H33FN4O2/c1-18(2)16-31(26(34)20-10-8-11-21(28)14-20)17-25(33)29-24-15-23(27(4,5)6)30-32(24)22-12-7-9-19(3)13-22/h7-15,18H,16-17H2,1-6H3,(H,29,33). The lowest BCUT2D eigenvalue weighted by atomic mass is 9.92. The highest BCUT2D eigenvalue weighted by atomic mass is 19.1. The summed E-state index contributed by atoms with van der Waals surface area (Å²) in [7, 11) is 0. The minimum Gasteiger partial charge on any atom is -0.329 e. The molecule has 180 valence electrons. The highest BCUT2D eigenvalue weighted by Gasteiger charge is 2.24. The molecule has 3 aromatic rings. The number of nitrogens with zero attached hydrogens (tertiary/aromatic N) is 3. The molecule has 1 aromatic heterocycles. The van der Waals surface area contributed by atoms with Gasteiger partial charge in [0.1, 0.15) is 18.2 Å². The van der Waals surface area contributed by atoms with Crippen molar-refractivity contribution in [1.29, 1.82) is 0 Å². The highest BCUT2D eigenvalue weighted by Crippen LogP contribution is 2.26. The number of aryl methyl sites for hydroxylation is 1. The minimum absolute atomic E-state index is 0.135. The highest BCUT2D eigenvalue weighted by molar-refractivity contribution is 5.99. The van der Waals surface area contributed by atoms with E-state index in [0.717, 1.165) is 16.9 Å². The van der Waals surface area contributed by atoms with Gasteiger partial charge in [0.25, 0.3) is 5.91 Å². The predicted molar refractivity (Wildman–Crippen MR) is 133 cm³/mol. The quantitative estimate of drug-likeness (QED) is 0.512. The van der Waals surface area contributed by atoms with E-state index in [0.29, 0.717) is 12.4 Å². The second-order valence-corrected chi connectivity index (χ2v) is 10.1. The van der Waals surface area contributed by atoms with Crippen LogP contribution in [-0.4, -0.2) is 39.6 Å². The van der Waals surface area contributed by atoms with Gasteiger partial charge >= 0.3 is 0 Å². The Morgan fingerprint density at radius 1 is 1.09 bits per heavy atom. The number of carbonyl (C=O) groups is 2. The van der Waals surface area contributed by atoms with Gasteiger partial charge in [-0.25, -0.2) is 9.07 Å². The molecule has 0 saturated carbocycles. The van der Waals surface area contributed by atoms with E-state index >= 15 is 0 Å².